The van der Waals surface area contributed by atoms with E-state index in [2.05, 4.69) is 17.1 Å². The summed E-state index contributed by atoms with van der Waals surface area (Å²) >= 11 is 0. The number of amides is 1. The van der Waals surface area contributed by atoms with Gasteiger partial charge in [-0.25, -0.2) is 0 Å². The molecule has 2 atom stereocenters. The van der Waals surface area contributed by atoms with E-state index in [0.29, 0.717) is 38.0 Å². The number of nitrogens with one attached hydrogen (secondary N) is 1. The molecule has 3 N–H and O–H groups in total. The maximum atomic E-state index is 11.7. The zero-order valence-electron chi connectivity index (χ0n) is 11.2. The Bertz CT molecular complexity index is 300. The largest absolute Gasteiger partial charge is 0.354 e. The molecule has 0 aliphatic heterocycles. The first-order valence-corrected chi connectivity index (χ1v) is 6.80. The first-order chi connectivity index (χ1) is 8.72. The summed E-state index contributed by atoms with van der Waals surface area (Å²) in [6.45, 7) is 4.51. The molecule has 0 saturated heterocycles. The van der Waals surface area contributed by atoms with Gasteiger partial charge in [0.05, 0.1) is 19.0 Å². The molecule has 1 aliphatic carbocycles. The summed E-state index contributed by atoms with van der Waals surface area (Å²) in [5, 5.41) is 11.2. The van der Waals surface area contributed by atoms with E-state index in [1.54, 1.807) is 0 Å². The first kappa shape index (κ1) is 14.9. The van der Waals surface area contributed by atoms with Crippen molar-refractivity contribution in [3.63, 3.8) is 0 Å². The summed E-state index contributed by atoms with van der Waals surface area (Å²) < 4.78 is 0. The maximum absolute atomic E-state index is 11.7. The fraction of sp³-hybridized carbons (Fsp3) is 0.846. The zero-order valence-corrected chi connectivity index (χ0v) is 11.2. The van der Waals surface area contributed by atoms with Crippen LogP contribution in [0.1, 0.15) is 32.6 Å². The number of carbonyl (C=O) groups excluding carboxylic acids is 1. The number of nitrogens with zero attached hydrogens (tertiary/aromatic N) is 2. The molecule has 1 rings (SSSR count). The van der Waals surface area contributed by atoms with Crippen LogP contribution in [0.5, 0.6) is 0 Å². The van der Waals surface area contributed by atoms with E-state index in [-0.39, 0.29) is 5.91 Å². The van der Waals surface area contributed by atoms with Crippen LogP contribution >= 0.6 is 0 Å². The van der Waals surface area contributed by atoms with E-state index in [9.17, 15) is 4.79 Å². The lowest BCUT2D eigenvalue weighted by Crippen LogP contribution is -2.45. The molecule has 0 heterocycles. The van der Waals surface area contributed by atoms with Crippen LogP contribution in [0.4, 0.5) is 0 Å². The molecule has 1 saturated carbocycles. The van der Waals surface area contributed by atoms with Crippen molar-refractivity contribution in [3.8, 4) is 6.07 Å². The van der Waals surface area contributed by atoms with E-state index in [1.807, 2.05) is 6.07 Å². The molecule has 1 aliphatic rings. The molecule has 18 heavy (non-hydrogen) atoms. The molecular formula is C13H24N4O. The Balaban J connectivity index is 2.41. The summed E-state index contributed by atoms with van der Waals surface area (Å²) in [4.78, 5) is 14.0. The Labute approximate surface area is 109 Å². The Morgan fingerprint density at radius 3 is 2.94 bits per heavy atom. The second-order valence-corrected chi connectivity index (χ2v) is 4.82. The van der Waals surface area contributed by atoms with Crippen LogP contribution in [0, 0.1) is 17.2 Å². The third-order valence-corrected chi connectivity index (χ3v) is 3.70. The molecule has 0 bridgehead atoms. The quantitative estimate of drug-likeness (QED) is 0.645. The summed E-state index contributed by atoms with van der Waals surface area (Å²) in [6, 6.07) is 2.46. The third-order valence-electron chi connectivity index (χ3n) is 3.70. The number of nitriles is 1. The summed E-state index contributed by atoms with van der Waals surface area (Å²) in [5.74, 6) is 0.534. The first-order valence-electron chi connectivity index (χ1n) is 6.80. The van der Waals surface area contributed by atoms with Gasteiger partial charge in [-0.15, -0.1) is 0 Å². The normalized spacial score (nSPS) is 23.0. The van der Waals surface area contributed by atoms with Crippen molar-refractivity contribution < 1.29 is 4.79 Å². The molecule has 0 spiro atoms. The van der Waals surface area contributed by atoms with E-state index >= 15 is 0 Å². The molecule has 2 unspecified atom stereocenters. The SMILES string of the molecule is CCN(CC(=O)NCCC#N)C1CCCC1CN. The van der Waals surface area contributed by atoms with Crippen LogP contribution in [-0.2, 0) is 4.79 Å². The van der Waals surface area contributed by atoms with Gasteiger partial charge < -0.3 is 11.1 Å². The van der Waals surface area contributed by atoms with Crippen LogP contribution in [0.2, 0.25) is 0 Å². The van der Waals surface area contributed by atoms with Crippen LogP contribution in [-0.4, -0.2) is 43.0 Å². The minimum atomic E-state index is 0.00905. The second kappa shape index (κ2) is 8.06. The van der Waals surface area contributed by atoms with Gasteiger partial charge >= 0.3 is 0 Å². The highest BCUT2D eigenvalue weighted by Crippen LogP contribution is 2.28. The smallest absolute Gasteiger partial charge is 0.234 e. The number of nitrogens with two attached hydrogens (primary N) is 1. The number of hydrogen-bond donors (Lipinski definition) is 2. The summed E-state index contributed by atoms with van der Waals surface area (Å²) in [7, 11) is 0. The van der Waals surface area contributed by atoms with Crippen LogP contribution in [0.3, 0.4) is 0 Å². The molecule has 0 aromatic carbocycles. The maximum Gasteiger partial charge on any atom is 0.234 e. The number of hydrogen-bond acceptors (Lipinski definition) is 4. The van der Waals surface area contributed by atoms with Gasteiger partial charge in [0, 0.05) is 12.6 Å². The van der Waals surface area contributed by atoms with Gasteiger partial charge in [0.1, 0.15) is 0 Å². The Morgan fingerprint density at radius 2 is 2.33 bits per heavy atom. The van der Waals surface area contributed by atoms with Crippen LogP contribution < -0.4 is 11.1 Å². The molecule has 0 aromatic rings. The minimum absolute atomic E-state index is 0.00905. The van der Waals surface area contributed by atoms with Crippen molar-refractivity contribution in [2.24, 2.45) is 11.7 Å². The van der Waals surface area contributed by atoms with Gasteiger partial charge in [0.2, 0.25) is 5.91 Å². The van der Waals surface area contributed by atoms with Gasteiger partial charge in [0.25, 0.3) is 0 Å². The van der Waals surface area contributed by atoms with Gasteiger partial charge in [-0.2, -0.15) is 5.26 Å². The molecule has 1 fully saturated rings. The average Bonchev–Trinajstić information content (AvgIpc) is 2.84. The standard InChI is InChI=1S/C13H24N4O/c1-2-17(10-13(18)16-8-4-7-14)12-6-3-5-11(12)9-15/h11-12H,2-6,8-10,15H2,1H3,(H,16,18). The lowest BCUT2D eigenvalue weighted by Gasteiger charge is -2.31. The summed E-state index contributed by atoms with van der Waals surface area (Å²) in [6.07, 6.45) is 3.89. The Morgan fingerprint density at radius 1 is 1.56 bits per heavy atom. The molecule has 0 aromatic heterocycles. The lowest BCUT2D eigenvalue weighted by atomic mass is 10.0. The molecular weight excluding hydrogens is 228 g/mol. The van der Waals surface area contributed by atoms with Gasteiger partial charge in [0.15, 0.2) is 0 Å². The monoisotopic (exact) mass is 252 g/mol. The molecule has 5 nitrogen and oxygen atoms in total. The van der Waals surface area contributed by atoms with Gasteiger partial charge in [-0.1, -0.05) is 13.3 Å². The van der Waals surface area contributed by atoms with Gasteiger partial charge in [-0.3, -0.25) is 9.69 Å². The molecule has 102 valence electrons. The molecule has 1 amide bonds. The topological polar surface area (TPSA) is 82.2 Å². The Hall–Kier alpha value is -1.12. The van der Waals surface area contributed by atoms with E-state index in [1.165, 1.54) is 12.8 Å². The van der Waals surface area contributed by atoms with Crippen molar-refractivity contribution in [2.45, 2.75) is 38.6 Å². The van der Waals surface area contributed by atoms with Crippen molar-refractivity contribution in [2.75, 3.05) is 26.2 Å². The highest BCUT2D eigenvalue weighted by molar-refractivity contribution is 5.78. The highest BCUT2D eigenvalue weighted by atomic mass is 16.2. The van der Waals surface area contributed by atoms with E-state index in [4.69, 9.17) is 11.0 Å². The fourth-order valence-electron chi connectivity index (χ4n) is 2.73. The lowest BCUT2D eigenvalue weighted by molar-refractivity contribution is -0.122. The third kappa shape index (κ3) is 4.28. The van der Waals surface area contributed by atoms with Crippen molar-refractivity contribution in [1.29, 1.82) is 5.26 Å². The predicted molar refractivity (Wildman–Crippen MR) is 70.7 cm³/mol. The van der Waals surface area contributed by atoms with Crippen LogP contribution in [0.25, 0.3) is 0 Å². The molecule has 0 radical (unpaired) electrons. The van der Waals surface area contributed by atoms with Crippen molar-refractivity contribution in [3.05, 3.63) is 0 Å². The number of likely N-dealkylation sites (N-methyl/N-ethyl adjacent to an activating group) is 1. The van der Waals surface area contributed by atoms with E-state index in [0.717, 1.165) is 13.0 Å². The Kier molecular flexibility index (Phi) is 6.69. The van der Waals surface area contributed by atoms with Crippen LogP contribution in [0.15, 0.2) is 0 Å². The van der Waals surface area contributed by atoms with Crippen molar-refractivity contribution in [1.82, 2.24) is 10.2 Å². The molecule has 5 heteroatoms. The fourth-order valence-corrected chi connectivity index (χ4v) is 2.73. The minimum Gasteiger partial charge on any atom is -0.354 e. The van der Waals surface area contributed by atoms with E-state index < -0.39 is 0 Å². The average molecular weight is 252 g/mol. The summed E-state index contributed by atoms with van der Waals surface area (Å²) in [5.41, 5.74) is 5.78. The number of rotatable bonds is 7. The van der Waals surface area contributed by atoms with Crippen molar-refractivity contribution >= 4 is 5.91 Å². The second-order valence-electron chi connectivity index (χ2n) is 4.82. The highest BCUT2D eigenvalue weighted by Gasteiger charge is 2.31. The zero-order chi connectivity index (χ0) is 13.4. The van der Waals surface area contributed by atoms with Gasteiger partial charge in [-0.05, 0) is 31.8 Å². The number of carbonyl (C=O) groups is 1. The predicted octanol–water partition coefficient (Wildman–Crippen LogP) is 0.466.